The van der Waals surface area contributed by atoms with Gasteiger partial charge in [0.2, 0.25) is 0 Å². The molecule has 0 aromatic heterocycles. The van der Waals surface area contributed by atoms with Crippen molar-refractivity contribution in [2.75, 3.05) is 0 Å². The maximum atomic E-state index is 13.9. The Hall–Kier alpha value is -6.26. The van der Waals surface area contributed by atoms with E-state index in [0.29, 0.717) is 22.6 Å². The molecule has 302 valence electrons. The third kappa shape index (κ3) is 8.43. The molecule has 4 heteroatoms. The Morgan fingerprint density at radius 3 is 1.15 bits per heavy atom. The fraction of sp³-hybridized carbons (Fsp3) is 0.250. The number of fused-ring (bicyclic) bond motifs is 4. The van der Waals surface area contributed by atoms with Crippen LogP contribution in [0.5, 0.6) is 11.5 Å². The first-order chi connectivity index (χ1) is 29.3. The molecule has 0 bridgehead atoms. The number of esters is 2. The van der Waals surface area contributed by atoms with Crippen LogP contribution >= 0.6 is 0 Å². The van der Waals surface area contributed by atoms with Crippen LogP contribution < -0.4 is 9.47 Å². The summed E-state index contributed by atoms with van der Waals surface area (Å²) in [6, 6.07) is 45.1. The summed E-state index contributed by atoms with van der Waals surface area (Å²) in [6.07, 6.45) is 11.3. The minimum Gasteiger partial charge on any atom is -0.422 e. The maximum absolute atomic E-state index is 13.9. The number of aryl methyl sites for hydroxylation is 4. The van der Waals surface area contributed by atoms with E-state index in [9.17, 15) is 9.59 Å². The third-order valence-electron chi connectivity index (χ3n) is 11.9. The molecule has 0 spiro atoms. The summed E-state index contributed by atoms with van der Waals surface area (Å²) < 4.78 is 13.0. The van der Waals surface area contributed by atoms with Gasteiger partial charge in [-0.25, -0.2) is 9.59 Å². The Morgan fingerprint density at radius 1 is 0.400 bits per heavy atom. The van der Waals surface area contributed by atoms with Gasteiger partial charge in [-0.3, -0.25) is 0 Å². The van der Waals surface area contributed by atoms with Crippen LogP contribution in [0.4, 0.5) is 0 Å². The van der Waals surface area contributed by atoms with Crippen LogP contribution in [-0.4, -0.2) is 11.9 Å². The highest BCUT2D eigenvalue weighted by molar-refractivity contribution is 6.27. The van der Waals surface area contributed by atoms with Crippen molar-refractivity contribution in [1.29, 1.82) is 0 Å². The van der Waals surface area contributed by atoms with Crippen molar-refractivity contribution in [2.45, 2.75) is 91.9 Å². The van der Waals surface area contributed by atoms with E-state index < -0.39 is 0 Å². The lowest BCUT2D eigenvalue weighted by Gasteiger charge is -2.22. The molecule has 0 amide bonds. The second kappa shape index (κ2) is 18.3. The zero-order chi connectivity index (χ0) is 41.6. The summed E-state index contributed by atoms with van der Waals surface area (Å²) >= 11 is 0. The van der Waals surface area contributed by atoms with Gasteiger partial charge in [0, 0.05) is 21.5 Å². The molecule has 0 N–H and O–H groups in total. The fourth-order valence-electron chi connectivity index (χ4n) is 8.64. The molecule has 8 aromatic rings. The van der Waals surface area contributed by atoms with Crippen molar-refractivity contribution in [3.63, 3.8) is 0 Å². The summed E-state index contributed by atoms with van der Waals surface area (Å²) in [5, 5.41) is 7.51. The van der Waals surface area contributed by atoms with Crippen LogP contribution in [0.25, 0.3) is 54.2 Å². The molecule has 0 atom stereocenters. The number of hydrogen-bond acceptors (Lipinski definition) is 4. The highest BCUT2D eigenvalue weighted by atomic mass is 16.5. The molecule has 4 nitrogen and oxygen atoms in total. The van der Waals surface area contributed by atoms with E-state index in [1.54, 1.807) is 0 Å². The first-order valence-electron chi connectivity index (χ1n) is 21.9. The molecule has 0 fully saturated rings. The summed E-state index contributed by atoms with van der Waals surface area (Å²) in [5.41, 5.74) is 7.83. The number of hydrogen-bond donors (Lipinski definition) is 0. The Balaban J connectivity index is 1.42. The number of carbonyl (C=O) groups excluding carboxylic acids is 2. The first kappa shape index (κ1) is 40.5. The largest absolute Gasteiger partial charge is 0.422 e. The SMILES string of the molecule is CCCCCCc1ccc2c(OC(=O)c3ccc(C)cc3)c3ccccc3c(-c3c4ccccc4c(OC(=O)c4ccc(C)cc4)c4ccc(CCCCCC)cc34)c2c1. The molecule has 0 heterocycles. The molecule has 0 aliphatic carbocycles. The molecular formula is C56H54O4. The van der Waals surface area contributed by atoms with Gasteiger partial charge in [0.15, 0.2) is 0 Å². The molecule has 0 aliphatic heterocycles. The smallest absolute Gasteiger partial charge is 0.343 e. The second-order valence-electron chi connectivity index (χ2n) is 16.4. The van der Waals surface area contributed by atoms with Crippen molar-refractivity contribution in [1.82, 2.24) is 0 Å². The van der Waals surface area contributed by atoms with Gasteiger partial charge in [-0.2, -0.15) is 0 Å². The molecule has 0 saturated heterocycles. The first-order valence-corrected chi connectivity index (χ1v) is 21.9. The van der Waals surface area contributed by atoms with Gasteiger partial charge in [0.05, 0.1) is 11.1 Å². The van der Waals surface area contributed by atoms with Gasteiger partial charge in [0.1, 0.15) is 11.5 Å². The highest BCUT2D eigenvalue weighted by Crippen LogP contribution is 2.50. The van der Waals surface area contributed by atoms with Crippen LogP contribution in [0.2, 0.25) is 0 Å². The number of ether oxygens (including phenoxy) is 2. The molecule has 0 aliphatic rings. The molecule has 0 unspecified atom stereocenters. The average Bonchev–Trinajstić information content (AvgIpc) is 3.27. The normalized spacial score (nSPS) is 11.5. The van der Waals surface area contributed by atoms with E-state index in [0.717, 1.165) is 91.0 Å². The Labute approximate surface area is 354 Å². The zero-order valence-electron chi connectivity index (χ0n) is 35.4. The summed E-state index contributed by atoms with van der Waals surface area (Å²) in [6.45, 7) is 8.51. The summed E-state index contributed by atoms with van der Waals surface area (Å²) in [5.74, 6) is 0.338. The van der Waals surface area contributed by atoms with E-state index in [1.807, 2.05) is 74.5 Å². The quantitative estimate of drug-likeness (QED) is 0.0449. The number of rotatable bonds is 15. The second-order valence-corrected chi connectivity index (χ2v) is 16.4. The topological polar surface area (TPSA) is 52.6 Å². The molecular weight excluding hydrogens is 737 g/mol. The Bertz CT molecular complexity index is 2630. The van der Waals surface area contributed by atoms with Crippen LogP contribution in [0.15, 0.2) is 133 Å². The summed E-state index contributed by atoms with van der Waals surface area (Å²) in [4.78, 5) is 27.9. The minimum absolute atomic E-state index is 0.388. The number of unbranched alkanes of at least 4 members (excludes halogenated alkanes) is 6. The van der Waals surface area contributed by atoms with Gasteiger partial charge >= 0.3 is 11.9 Å². The predicted molar refractivity (Wildman–Crippen MR) is 250 cm³/mol. The highest BCUT2D eigenvalue weighted by Gasteiger charge is 2.25. The van der Waals surface area contributed by atoms with Gasteiger partial charge in [-0.15, -0.1) is 0 Å². The molecule has 60 heavy (non-hydrogen) atoms. The average molecular weight is 791 g/mol. The lowest BCUT2D eigenvalue weighted by Crippen LogP contribution is -2.10. The van der Waals surface area contributed by atoms with Crippen molar-refractivity contribution < 1.29 is 19.1 Å². The number of benzene rings is 8. The van der Waals surface area contributed by atoms with Crippen molar-refractivity contribution in [2.24, 2.45) is 0 Å². The van der Waals surface area contributed by atoms with Gasteiger partial charge < -0.3 is 9.47 Å². The predicted octanol–water partition coefficient (Wildman–Crippen LogP) is 15.3. The third-order valence-corrected chi connectivity index (χ3v) is 11.9. The fourth-order valence-corrected chi connectivity index (χ4v) is 8.64. The van der Waals surface area contributed by atoms with Gasteiger partial charge in [-0.1, -0.05) is 173 Å². The lowest BCUT2D eigenvalue weighted by molar-refractivity contribution is 0.0730. The Kier molecular flexibility index (Phi) is 12.4. The van der Waals surface area contributed by atoms with Crippen molar-refractivity contribution >= 4 is 55.0 Å². The van der Waals surface area contributed by atoms with Crippen LogP contribution in [0.1, 0.15) is 108 Å². The Morgan fingerprint density at radius 2 is 0.767 bits per heavy atom. The standard InChI is InChI=1S/C56H54O4/c1-5-7-9-11-17-39-27-33-47-49(35-39)51(43-19-13-15-21-45(43)53(47)59-55(57)41-29-23-37(3)24-30-41)52-44-20-14-16-22-46(44)54(60-56(58)42-31-25-38(4)26-32-42)48-34-28-40(36-50(48)52)18-12-10-8-6-2/h13-16,19-36H,5-12,17-18H2,1-4H3. The molecule has 8 aromatic carbocycles. The molecule has 0 radical (unpaired) electrons. The zero-order valence-corrected chi connectivity index (χ0v) is 35.4. The van der Waals surface area contributed by atoms with E-state index in [-0.39, 0.29) is 11.9 Å². The number of carbonyl (C=O) groups is 2. The van der Waals surface area contributed by atoms with E-state index >= 15 is 0 Å². The maximum Gasteiger partial charge on any atom is 0.343 e. The molecule has 0 saturated carbocycles. The van der Waals surface area contributed by atoms with Crippen LogP contribution in [0, 0.1) is 13.8 Å². The van der Waals surface area contributed by atoms with Gasteiger partial charge in [-0.05, 0) is 108 Å². The lowest BCUT2D eigenvalue weighted by atomic mass is 9.84. The van der Waals surface area contributed by atoms with Crippen LogP contribution in [0.3, 0.4) is 0 Å². The van der Waals surface area contributed by atoms with Crippen molar-refractivity contribution in [3.05, 3.63) is 167 Å². The van der Waals surface area contributed by atoms with E-state index in [4.69, 9.17) is 9.47 Å². The monoisotopic (exact) mass is 790 g/mol. The summed E-state index contributed by atoms with van der Waals surface area (Å²) in [7, 11) is 0. The van der Waals surface area contributed by atoms with Crippen LogP contribution in [-0.2, 0) is 12.8 Å². The van der Waals surface area contributed by atoms with Crippen molar-refractivity contribution in [3.8, 4) is 22.6 Å². The molecule has 8 rings (SSSR count). The van der Waals surface area contributed by atoms with E-state index in [2.05, 4.69) is 86.6 Å². The minimum atomic E-state index is -0.388. The van der Waals surface area contributed by atoms with Gasteiger partial charge in [0.25, 0.3) is 0 Å². The van der Waals surface area contributed by atoms with E-state index in [1.165, 1.54) is 49.7 Å².